The van der Waals surface area contributed by atoms with Crippen LogP contribution in [-0.4, -0.2) is 55.4 Å². The zero-order valence-electron chi connectivity index (χ0n) is 17.2. The van der Waals surface area contributed by atoms with E-state index in [1.54, 1.807) is 28.0 Å². The van der Waals surface area contributed by atoms with Crippen LogP contribution in [0.15, 0.2) is 42.5 Å². The average Bonchev–Trinajstić information content (AvgIpc) is 3.31. The van der Waals surface area contributed by atoms with Crippen molar-refractivity contribution in [1.29, 1.82) is 0 Å². The molecule has 2 heterocycles. The molecule has 0 N–H and O–H groups in total. The molecule has 1 unspecified atom stereocenters. The van der Waals surface area contributed by atoms with Crippen molar-refractivity contribution in [3.8, 4) is 0 Å². The number of nitrogens with zero attached hydrogens (tertiary/aromatic N) is 4. The predicted molar refractivity (Wildman–Crippen MR) is 122 cm³/mol. The molecular weight excluding hydrogens is 439 g/mol. The summed E-state index contributed by atoms with van der Waals surface area (Å²) >= 11 is 7.51. The SMILES string of the molecule is CN(C)CCN(C(=O)C1CC(=O)N(c2ccc(F)cc2)C1)c1nc2ccc(Cl)cc2s1. The molecule has 162 valence electrons. The molecule has 0 spiro atoms. The van der Waals surface area contributed by atoms with Crippen LogP contribution in [0.3, 0.4) is 0 Å². The number of hydrogen-bond donors (Lipinski definition) is 0. The van der Waals surface area contributed by atoms with Gasteiger partial charge in [-0.25, -0.2) is 9.37 Å². The molecule has 0 bridgehead atoms. The van der Waals surface area contributed by atoms with Gasteiger partial charge >= 0.3 is 0 Å². The van der Waals surface area contributed by atoms with E-state index < -0.39 is 5.92 Å². The normalized spacial score (nSPS) is 16.5. The first-order valence-corrected chi connectivity index (χ1v) is 11.1. The number of likely N-dealkylation sites (N-methyl/N-ethyl adjacent to an activating group) is 1. The number of fused-ring (bicyclic) bond motifs is 1. The largest absolute Gasteiger partial charge is 0.312 e. The predicted octanol–water partition coefficient (Wildman–Crippen LogP) is 4.04. The van der Waals surface area contributed by atoms with Gasteiger partial charge in [-0.2, -0.15) is 0 Å². The Hall–Kier alpha value is -2.55. The molecule has 1 aliphatic rings. The first kappa shape index (κ1) is 21.7. The molecule has 0 radical (unpaired) electrons. The molecule has 1 saturated heterocycles. The third kappa shape index (κ3) is 4.71. The van der Waals surface area contributed by atoms with E-state index in [2.05, 4.69) is 4.98 Å². The van der Waals surface area contributed by atoms with Gasteiger partial charge in [0.05, 0.1) is 16.1 Å². The summed E-state index contributed by atoms with van der Waals surface area (Å²) in [6, 6.07) is 11.2. The zero-order chi connectivity index (χ0) is 22.1. The minimum absolute atomic E-state index is 0.116. The maximum Gasteiger partial charge on any atom is 0.234 e. The second-order valence-corrected chi connectivity index (χ2v) is 9.23. The van der Waals surface area contributed by atoms with E-state index in [1.807, 2.05) is 31.1 Å². The summed E-state index contributed by atoms with van der Waals surface area (Å²) in [5.41, 5.74) is 1.37. The van der Waals surface area contributed by atoms with Gasteiger partial charge in [0.15, 0.2) is 5.13 Å². The fraction of sp³-hybridized carbons (Fsp3) is 0.318. The van der Waals surface area contributed by atoms with E-state index in [0.29, 0.717) is 28.9 Å². The number of carbonyl (C=O) groups excluding carboxylic acids is 2. The number of carbonyl (C=O) groups is 2. The van der Waals surface area contributed by atoms with Crippen molar-refractivity contribution in [2.24, 2.45) is 5.92 Å². The number of aromatic nitrogens is 1. The summed E-state index contributed by atoms with van der Waals surface area (Å²) in [4.78, 5) is 35.9. The smallest absolute Gasteiger partial charge is 0.234 e. The van der Waals surface area contributed by atoms with Crippen molar-refractivity contribution >= 4 is 55.8 Å². The third-order valence-electron chi connectivity index (χ3n) is 5.22. The third-order valence-corrected chi connectivity index (χ3v) is 6.50. The van der Waals surface area contributed by atoms with Gasteiger partial charge in [0.1, 0.15) is 5.82 Å². The molecule has 1 fully saturated rings. The summed E-state index contributed by atoms with van der Waals surface area (Å²) in [5.74, 6) is -1.14. The van der Waals surface area contributed by atoms with Gasteiger partial charge in [-0.15, -0.1) is 0 Å². The molecule has 0 saturated carbocycles. The number of rotatable bonds is 6. The summed E-state index contributed by atoms with van der Waals surface area (Å²) in [5, 5.41) is 1.21. The Bertz CT molecular complexity index is 1120. The molecule has 1 aliphatic heterocycles. The Kier molecular flexibility index (Phi) is 6.22. The van der Waals surface area contributed by atoms with Crippen molar-refractivity contribution < 1.29 is 14.0 Å². The highest BCUT2D eigenvalue weighted by Gasteiger charge is 2.38. The van der Waals surface area contributed by atoms with E-state index in [0.717, 1.165) is 10.2 Å². The summed E-state index contributed by atoms with van der Waals surface area (Å²) in [7, 11) is 3.88. The fourth-order valence-corrected chi connectivity index (χ4v) is 4.84. The fourth-order valence-electron chi connectivity index (χ4n) is 3.57. The first-order chi connectivity index (χ1) is 14.8. The summed E-state index contributed by atoms with van der Waals surface area (Å²) < 4.78 is 14.2. The van der Waals surface area contributed by atoms with Gasteiger partial charge < -0.3 is 9.80 Å². The number of amides is 2. The molecular formula is C22H22ClFN4O2S. The van der Waals surface area contributed by atoms with E-state index in [1.165, 1.54) is 23.5 Å². The van der Waals surface area contributed by atoms with Gasteiger partial charge in [0, 0.05) is 36.8 Å². The van der Waals surface area contributed by atoms with Crippen molar-refractivity contribution in [3.63, 3.8) is 0 Å². The van der Waals surface area contributed by atoms with Gasteiger partial charge in [0.25, 0.3) is 0 Å². The number of hydrogen-bond acceptors (Lipinski definition) is 5. The van der Waals surface area contributed by atoms with Crippen LogP contribution in [-0.2, 0) is 9.59 Å². The molecule has 1 atom stereocenters. The Morgan fingerprint density at radius 3 is 2.68 bits per heavy atom. The lowest BCUT2D eigenvalue weighted by atomic mass is 10.1. The van der Waals surface area contributed by atoms with Crippen LogP contribution in [0.5, 0.6) is 0 Å². The lowest BCUT2D eigenvalue weighted by Crippen LogP contribution is -2.41. The number of thiazole rings is 1. The second kappa shape index (κ2) is 8.90. The van der Waals surface area contributed by atoms with Gasteiger partial charge in [0.2, 0.25) is 11.8 Å². The summed E-state index contributed by atoms with van der Waals surface area (Å²) in [6.45, 7) is 1.38. The minimum atomic E-state index is -0.490. The molecule has 31 heavy (non-hydrogen) atoms. The van der Waals surface area contributed by atoms with Crippen LogP contribution in [0, 0.1) is 11.7 Å². The average molecular weight is 461 g/mol. The molecule has 1 aromatic heterocycles. The molecule has 0 aliphatic carbocycles. The topological polar surface area (TPSA) is 56.8 Å². The monoisotopic (exact) mass is 460 g/mol. The highest BCUT2D eigenvalue weighted by molar-refractivity contribution is 7.22. The van der Waals surface area contributed by atoms with Crippen molar-refractivity contribution in [3.05, 3.63) is 53.3 Å². The van der Waals surface area contributed by atoms with Crippen molar-refractivity contribution in [2.75, 3.05) is 43.5 Å². The minimum Gasteiger partial charge on any atom is -0.312 e. The highest BCUT2D eigenvalue weighted by Crippen LogP contribution is 2.33. The highest BCUT2D eigenvalue weighted by atomic mass is 35.5. The van der Waals surface area contributed by atoms with Crippen LogP contribution in [0.4, 0.5) is 15.2 Å². The van der Waals surface area contributed by atoms with Crippen molar-refractivity contribution in [1.82, 2.24) is 9.88 Å². The van der Waals surface area contributed by atoms with Crippen LogP contribution < -0.4 is 9.80 Å². The van der Waals surface area contributed by atoms with E-state index >= 15 is 0 Å². The lowest BCUT2D eigenvalue weighted by Gasteiger charge is -2.24. The van der Waals surface area contributed by atoms with E-state index in [4.69, 9.17) is 11.6 Å². The van der Waals surface area contributed by atoms with Gasteiger partial charge in [-0.1, -0.05) is 22.9 Å². The maximum atomic E-state index is 13.5. The molecule has 2 amide bonds. The lowest BCUT2D eigenvalue weighted by molar-refractivity contribution is -0.124. The number of benzene rings is 2. The van der Waals surface area contributed by atoms with Crippen molar-refractivity contribution in [2.45, 2.75) is 6.42 Å². The van der Waals surface area contributed by atoms with Crippen LogP contribution in [0.1, 0.15) is 6.42 Å². The van der Waals surface area contributed by atoms with Crippen LogP contribution in [0.2, 0.25) is 5.02 Å². The number of halogens is 2. The standard InChI is InChI=1S/C22H22ClFN4O2S/c1-26(2)9-10-27(22-25-18-8-3-15(23)12-19(18)31-22)21(30)14-11-20(29)28(13-14)17-6-4-16(24)5-7-17/h3-8,12,14H,9-11,13H2,1-2H3. The molecule has 6 nitrogen and oxygen atoms in total. The second-order valence-electron chi connectivity index (χ2n) is 7.78. The van der Waals surface area contributed by atoms with Gasteiger partial charge in [-0.3, -0.25) is 14.5 Å². The maximum absolute atomic E-state index is 13.5. The molecule has 3 aromatic rings. The van der Waals surface area contributed by atoms with E-state index in [9.17, 15) is 14.0 Å². The van der Waals surface area contributed by atoms with Crippen LogP contribution >= 0.6 is 22.9 Å². The first-order valence-electron chi connectivity index (χ1n) is 9.90. The number of anilines is 2. The quantitative estimate of drug-likeness (QED) is 0.557. The zero-order valence-corrected chi connectivity index (χ0v) is 18.8. The Morgan fingerprint density at radius 1 is 1.23 bits per heavy atom. The molecule has 4 rings (SSSR count). The molecule has 2 aromatic carbocycles. The molecule has 9 heteroatoms. The summed E-state index contributed by atoms with van der Waals surface area (Å²) in [6.07, 6.45) is 0.116. The van der Waals surface area contributed by atoms with Crippen LogP contribution in [0.25, 0.3) is 10.2 Å². The Morgan fingerprint density at radius 2 is 1.97 bits per heavy atom. The van der Waals surface area contributed by atoms with E-state index in [-0.39, 0.29) is 30.6 Å². The Balaban J connectivity index is 1.59. The Labute approximate surface area is 188 Å². The van der Waals surface area contributed by atoms with Gasteiger partial charge in [-0.05, 0) is 56.6 Å².